The highest BCUT2D eigenvalue weighted by atomic mass is 35.7. The lowest BCUT2D eigenvalue weighted by Crippen LogP contribution is -2.04. The molecule has 0 aliphatic carbocycles. The lowest BCUT2D eigenvalue weighted by atomic mass is 10.2. The maximum atomic E-state index is 12.1. The summed E-state index contributed by atoms with van der Waals surface area (Å²) in [5, 5.41) is 0. The zero-order valence-corrected chi connectivity index (χ0v) is 8.68. The van der Waals surface area contributed by atoms with E-state index in [-0.39, 0.29) is 5.75 Å². The van der Waals surface area contributed by atoms with Crippen LogP contribution in [0.25, 0.3) is 0 Å². The molecule has 15 heavy (non-hydrogen) atoms. The lowest BCUT2D eigenvalue weighted by molar-refractivity contribution is -0.137. The smallest absolute Gasteiger partial charge is 0.413 e. The van der Waals surface area contributed by atoms with Gasteiger partial charge in [0.25, 0.3) is 0 Å². The monoisotopic (exact) mass is 260 g/mol. The molecular weight excluding hydrogens is 255 g/mol. The summed E-state index contributed by atoms with van der Waals surface area (Å²) in [6.45, 7) is -4.25. The van der Waals surface area contributed by atoms with Gasteiger partial charge in [-0.05, 0) is 24.3 Å². The first-order chi connectivity index (χ1) is 6.68. The van der Waals surface area contributed by atoms with E-state index in [0.717, 1.165) is 24.3 Å². The SMILES string of the molecule is O=P(O)(Cl)Oc1ccc(C(F)(F)F)cc1. The summed E-state index contributed by atoms with van der Waals surface area (Å²) in [7, 11) is 0. The van der Waals surface area contributed by atoms with Crippen LogP contribution in [0.1, 0.15) is 5.56 Å². The summed E-state index contributed by atoms with van der Waals surface area (Å²) >= 11 is 4.86. The van der Waals surface area contributed by atoms with E-state index >= 15 is 0 Å². The molecule has 1 atom stereocenters. The minimum atomic E-state index is -4.46. The quantitative estimate of drug-likeness (QED) is 0.829. The molecule has 1 aromatic carbocycles. The van der Waals surface area contributed by atoms with Crippen molar-refractivity contribution in [1.82, 2.24) is 0 Å². The molecule has 0 saturated heterocycles. The highest BCUT2D eigenvalue weighted by Gasteiger charge is 2.30. The van der Waals surface area contributed by atoms with Crippen molar-refractivity contribution in [1.29, 1.82) is 0 Å². The molecule has 0 saturated carbocycles. The molecule has 3 nitrogen and oxygen atoms in total. The first kappa shape index (κ1) is 12.4. The van der Waals surface area contributed by atoms with E-state index < -0.39 is 18.7 Å². The summed E-state index contributed by atoms with van der Waals surface area (Å²) in [6, 6.07) is 3.27. The van der Waals surface area contributed by atoms with Crippen LogP contribution in [0.15, 0.2) is 24.3 Å². The third kappa shape index (κ3) is 4.11. The second-order valence-corrected chi connectivity index (χ2v) is 4.93. The molecule has 0 radical (unpaired) electrons. The van der Waals surface area contributed by atoms with Gasteiger partial charge in [0.1, 0.15) is 5.75 Å². The van der Waals surface area contributed by atoms with Crippen LogP contribution in [0.3, 0.4) is 0 Å². The topological polar surface area (TPSA) is 46.5 Å². The first-order valence-corrected chi connectivity index (χ1v) is 6.06. The van der Waals surface area contributed by atoms with E-state index in [1.54, 1.807) is 0 Å². The van der Waals surface area contributed by atoms with Crippen LogP contribution in [0.4, 0.5) is 13.2 Å². The van der Waals surface area contributed by atoms with Crippen LogP contribution in [0.5, 0.6) is 5.75 Å². The van der Waals surface area contributed by atoms with Gasteiger partial charge in [-0.3, -0.25) is 0 Å². The maximum Gasteiger partial charge on any atom is 0.474 e. The fourth-order valence-electron chi connectivity index (χ4n) is 0.835. The highest BCUT2D eigenvalue weighted by Crippen LogP contribution is 2.47. The first-order valence-electron chi connectivity index (χ1n) is 3.58. The Morgan fingerprint density at radius 1 is 1.27 bits per heavy atom. The van der Waals surface area contributed by atoms with Gasteiger partial charge in [-0.2, -0.15) is 13.2 Å². The maximum absolute atomic E-state index is 12.1. The Hall–Kier alpha value is -0.710. The van der Waals surface area contributed by atoms with Gasteiger partial charge in [-0.15, -0.1) is 0 Å². The van der Waals surface area contributed by atoms with Crippen LogP contribution >= 0.6 is 18.2 Å². The van der Waals surface area contributed by atoms with Gasteiger partial charge >= 0.3 is 13.1 Å². The minimum absolute atomic E-state index is 0.205. The third-order valence-corrected chi connectivity index (χ3v) is 2.04. The molecule has 0 amide bonds. The molecule has 0 aliphatic rings. The van der Waals surface area contributed by atoms with Crippen molar-refractivity contribution in [2.45, 2.75) is 6.18 Å². The molecule has 1 N–H and O–H groups in total. The fourth-order valence-corrected chi connectivity index (χ4v) is 1.46. The van der Waals surface area contributed by atoms with Crippen molar-refractivity contribution in [3.63, 3.8) is 0 Å². The van der Waals surface area contributed by atoms with Gasteiger partial charge in [0, 0.05) is 11.2 Å². The fraction of sp³-hybridized carbons (Fsp3) is 0.143. The third-order valence-electron chi connectivity index (χ3n) is 1.40. The summed E-state index contributed by atoms with van der Waals surface area (Å²) < 4.78 is 51.1. The Bertz CT molecular complexity index is 383. The molecule has 0 bridgehead atoms. The van der Waals surface area contributed by atoms with Crippen LogP contribution in [-0.2, 0) is 10.7 Å². The minimum Gasteiger partial charge on any atom is -0.413 e. The molecule has 1 rings (SSSR count). The van der Waals surface area contributed by atoms with Crippen molar-refractivity contribution in [2.24, 2.45) is 0 Å². The summed E-state index contributed by atoms with van der Waals surface area (Å²) in [5.74, 6) is -0.205. The Balaban J connectivity index is 2.87. The number of hydrogen-bond acceptors (Lipinski definition) is 2. The average Bonchev–Trinajstić information content (AvgIpc) is 2.00. The van der Waals surface area contributed by atoms with Crippen molar-refractivity contribution in [3.05, 3.63) is 29.8 Å². The number of hydrogen-bond donors (Lipinski definition) is 1. The lowest BCUT2D eigenvalue weighted by Gasteiger charge is -2.08. The number of rotatable bonds is 2. The van der Waals surface area contributed by atoms with E-state index in [0.29, 0.717) is 0 Å². The van der Waals surface area contributed by atoms with Gasteiger partial charge in [0.15, 0.2) is 0 Å². The van der Waals surface area contributed by atoms with Gasteiger partial charge < -0.3 is 9.42 Å². The summed E-state index contributed by atoms with van der Waals surface area (Å²) in [6.07, 6.45) is -4.46. The van der Waals surface area contributed by atoms with Crippen molar-refractivity contribution >= 4 is 18.2 Å². The van der Waals surface area contributed by atoms with E-state index in [9.17, 15) is 17.7 Å². The summed E-state index contributed by atoms with van der Waals surface area (Å²) in [4.78, 5) is 8.58. The molecule has 0 heterocycles. The van der Waals surface area contributed by atoms with Crippen molar-refractivity contribution in [2.75, 3.05) is 0 Å². The van der Waals surface area contributed by atoms with E-state index in [1.165, 1.54) is 0 Å². The van der Waals surface area contributed by atoms with E-state index in [4.69, 9.17) is 16.1 Å². The van der Waals surface area contributed by atoms with Crippen LogP contribution in [0.2, 0.25) is 0 Å². The number of halogens is 4. The van der Waals surface area contributed by atoms with Crippen LogP contribution < -0.4 is 4.52 Å². The number of benzene rings is 1. The Morgan fingerprint density at radius 3 is 2.07 bits per heavy atom. The van der Waals surface area contributed by atoms with Crippen LogP contribution in [-0.4, -0.2) is 4.89 Å². The second-order valence-electron chi connectivity index (χ2n) is 2.56. The largest absolute Gasteiger partial charge is 0.474 e. The standard InChI is InChI=1S/C7H5ClF3O3P/c8-15(12,13)14-6-3-1-5(2-4-6)7(9,10)11/h1-4H,(H,12,13). The highest BCUT2D eigenvalue weighted by molar-refractivity contribution is 7.80. The normalized spacial score (nSPS) is 15.8. The Labute approximate surface area is 87.8 Å². The Morgan fingerprint density at radius 2 is 1.73 bits per heavy atom. The van der Waals surface area contributed by atoms with Crippen LogP contribution in [0, 0.1) is 0 Å². The van der Waals surface area contributed by atoms with Gasteiger partial charge in [0.2, 0.25) is 0 Å². The average molecular weight is 261 g/mol. The van der Waals surface area contributed by atoms with Gasteiger partial charge in [-0.25, -0.2) is 4.57 Å². The molecular formula is C7H5ClF3O3P. The predicted molar refractivity (Wildman–Crippen MR) is 47.8 cm³/mol. The van der Waals surface area contributed by atoms with E-state index in [2.05, 4.69) is 4.52 Å². The second kappa shape index (κ2) is 4.04. The van der Waals surface area contributed by atoms with E-state index in [1.807, 2.05) is 0 Å². The molecule has 0 aliphatic heterocycles. The van der Waals surface area contributed by atoms with Gasteiger partial charge in [-0.1, -0.05) is 0 Å². The van der Waals surface area contributed by atoms with Gasteiger partial charge in [0.05, 0.1) is 5.56 Å². The zero-order chi connectivity index (χ0) is 11.7. The zero-order valence-electron chi connectivity index (χ0n) is 7.03. The molecule has 1 aromatic rings. The molecule has 8 heteroatoms. The van der Waals surface area contributed by atoms with Crippen molar-refractivity contribution < 1.29 is 27.2 Å². The molecule has 84 valence electrons. The molecule has 0 fully saturated rings. The predicted octanol–water partition coefficient (Wildman–Crippen LogP) is 3.42. The Kier molecular flexibility index (Phi) is 3.33. The van der Waals surface area contributed by atoms with Crippen molar-refractivity contribution in [3.8, 4) is 5.75 Å². The number of alkyl halides is 3. The molecule has 0 spiro atoms. The summed E-state index contributed by atoms with van der Waals surface area (Å²) in [5.41, 5.74) is -0.878. The molecule has 0 aromatic heterocycles. The molecule has 1 unspecified atom stereocenters.